The van der Waals surface area contributed by atoms with Crippen molar-refractivity contribution in [2.75, 3.05) is 0 Å². The third kappa shape index (κ3) is 2.27. The van der Waals surface area contributed by atoms with Crippen LogP contribution in [-0.2, 0) is 4.79 Å². The molecule has 1 spiro atoms. The lowest BCUT2D eigenvalue weighted by atomic mass is 10.1. The molecule has 1 aromatic heterocycles. The Morgan fingerprint density at radius 2 is 1.83 bits per heavy atom. The van der Waals surface area contributed by atoms with Gasteiger partial charge in [0.05, 0.1) is 12.0 Å². The van der Waals surface area contributed by atoms with E-state index in [1.54, 1.807) is 0 Å². The maximum atomic E-state index is 12.3. The van der Waals surface area contributed by atoms with E-state index in [1.807, 2.05) is 42.1 Å². The Labute approximate surface area is 135 Å². The second-order valence-corrected chi connectivity index (χ2v) is 6.49. The van der Waals surface area contributed by atoms with Crippen LogP contribution in [0.25, 0.3) is 5.69 Å². The summed E-state index contributed by atoms with van der Waals surface area (Å²) in [5.41, 5.74) is 4.31. The first-order valence-electron chi connectivity index (χ1n) is 8.12. The Morgan fingerprint density at radius 3 is 2.43 bits per heavy atom. The lowest BCUT2D eigenvalue weighted by Gasteiger charge is -2.18. The van der Waals surface area contributed by atoms with Crippen LogP contribution in [0.2, 0.25) is 0 Å². The van der Waals surface area contributed by atoms with E-state index in [4.69, 9.17) is 4.99 Å². The molecule has 5 nitrogen and oxygen atoms in total. The average Bonchev–Trinajstić information content (AvgIpc) is 3.23. The van der Waals surface area contributed by atoms with E-state index in [1.165, 1.54) is 0 Å². The highest BCUT2D eigenvalue weighted by molar-refractivity contribution is 6.46. The predicted molar refractivity (Wildman–Crippen MR) is 88.9 cm³/mol. The van der Waals surface area contributed by atoms with Crippen molar-refractivity contribution in [1.82, 2.24) is 14.9 Å². The minimum Gasteiger partial charge on any atom is -0.326 e. The molecule has 2 aliphatic rings. The van der Waals surface area contributed by atoms with Gasteiger partial charge in [0, 0.05) is 16.9 Å². The van der Waals surface area contributed by atoms with E-state index in [9.17, 15) is 4.79 Å². The second kappa shape index (κ2) is 5.05. The van der Waals surface area contributed by atoms with Gasteiger partial charge in [-0.2, -0.15) is 0 Å². The smallest absolute Gasteiger partial charge is 0.272 e. The molecule has 1 fully saturated rings. The molecule has 1 N–H and O–H groups in total. The summed E-state index contributed by atoms with van der Waals surface area (Å²) in [7, 11) is 0. The molecule has 0 saturated heterocycles. The Balaban J connectivity index is 1.66. The van der Waals surface area contributed by atoms with Crippen LogP contribution < -0.4 is 5.32 Å². The summed E-state index contributed by atoms with van der Waals surface area (Å²) in [6.45, 7) is 4.05. The highest BCUT2D eigenvalue weighted by Crippen LogP contribution is 2.34. The number of aryl methyl sites for hydroxylation is 1. The van der Waals surface area contributed by atoms with Crippen LogP contribution in [0.3, 0.4) is 0 Å². The van der Waals surface area contributed by atoms with Gasteiger partial charge in [0.25, 0.3) is 5.91 Å². The maximum Gasteiger partial charge on any atom is 0.272 e. The molecule has 1 aromatic carbocycles. The van der Waals surface area contributed by atoms with Crippen molar-refractivity contribution in [3.8, 4) is 5.69 Å². The Kier molecular flexibility index (Phi) is 3.11. The molecule has 0 radical (unpaired) electrons. The van der Waals surface area contributed by atoms with Crippen LogP contribution in [0.1, 0.15) is 42.6 Å². The maximum absolute atomic E-state index is 12.3. The molecular formula is C18H20N4O. The molecule has 5 heteroatoms. The van der Waals surface area contributed by atoms with E-state index in [0.29, 0.717) is 5.71 Å². The number of nitrogens with zero attached hydrogens (tertiary/aromatic N) is 3. The number of hydrogen-bond donors (Lipinski definition) is 1. The fourth-order valence-corrected chi connectivity index (χ4v) is 3.49. The van der Waals surface area contributed by atoms with Crippen molar-refractivity contribution >= 4 is 11.6 Å². The molecule has 1 aliphatic heterocycles. The Hall–Kier alpha value is -2.43. The number of carbonyl (C=O) groups excluding carboxylic acids is 1. The zero-order valence-electron chi connectivity index (χ0n) is 13.5. The zero-order valence-corrected chi connectivity index (χ0v) is 13.5. The summed E-state index contributed by atoms with van der Waals surface area (Å²) in [6.07, 6.45) is 6.00. The quantitative estimate of drug-likeness (QED) is 0.927. The molecule has 0 atom stereocenters. The van der Waals surface area contributed by atoms with E-state index in [2.05, 4.69) is 17.2 Å². The molecule has 118 valence electrons. The molecular weight excluding hydrogens is 288 g/mol. The largest absolute Gasteiger partial charge is 0.326 e. The van der Waals surface area contributed by atoms with Gasteiger partial charge in [-0.3, -0.25) is 9.79 Å². The molecule has 2 heterocycles. The molecule has 1 aliphatic carbocycles. The van der Waals surface area contributed by atoms with E-state index in [0.717, 1.165) is 48.3 Å². The fraction of sp³-hybridized carbons (Fsp3) is 0.389. The van der Waals surface area contributed by atoms with Gasteiger partial charge < -0.3 is 9.88 Å². The van der Waals surface area contributed by atoms with Gasteiger partial charge in [-0.25, -0.2) is 4.98 Å². The lowest BCUT2D eigenvalue weighted by Crippen LogP contribution is -2.39. The summed E-state index contributed by atoms with van der Waals surface area (Å²) < 4.78 is 2.05. The van der Waals surface area contributed by atoms with E-state index in [-0.39, 0.29) is 11.6 Å². The van der Waals surface area contributed by atoms with Gasteiger partial charge in [0.1, 0.15) is 11.4 Å². The first-order chi connectivity index (χ1) is 11.1. The van der Waals surface area contributed by atoms with E-state index < -0.39 is 0 Å². The molecule has 4 rings (SSSR count). The van der Waals surface area contributed by atoms with Crippen molar-refractivity contribution in [3.05, 3.63) is 47.5 Å². The molecule has 0 bridgehead atoms. The molecule has 1 amide bonds. The monoisotopic (exact) mass is 308 g/mol. The summed E-state index contributed by atoms with van der Waals surface area (Å²) in [5, 5.41) is 3.08. The van der Waals surface area contributed by atoms with Crippen molar-refractivity contribution < 1.29 is 4.79 Å². The summed E-state index contributed by atoms with van der Waals surface area (Å²) in [6, 6.07) is 7.96. The highest BCUT2D eigenvalue weighted by atomic mass is 16.2. The summed E-state index contributed by atoms with van der Waals surface area (Å²) in [5.74, 6) is -0.0469. The molecule has 1 saturated carbocycles. The van der Waals surface area contributed by atoms with Crippen molar-refractivity contribution in [2.45, 2.75) is 45.2 Å². The second-order valence-electron chi connectivity index (χ2n) is 6.49. The standard InChI is InChI=1S/C18H20N4O/c1-12-13(2)22(11-19-12)15-7-5-14(6-8-15)16-17(23)21-18(20-16)9-3-4-10-18/h5-8,11H,3-4,9-10H2,1-2H3,(H,21,23). The number of amides is 1. The number of benzene rings is 1. The SMILES string of the molecule is Cc1ncn(-c2ccc(C3=NC4(CCCC4)NC3=O)cc2)c1C. The predicted octanol–water partition coefficient (Wildman–Crippen LogP) is 2.68. The minimum atomic E-state index is -0.330. The third-order valence-corrected chi connectivity index (χ3v) is 4.99. The first kappa shape index (κ1) is 14.2. The number of aliphatic imine (C=N–C) groups is 1. The van der Waals surface area contributed by atoms with Crippen LogP contribution in [0.4, 0.5) is 0 Å². The van der Waals surface area contributed by atoms with Crippen molar-refractivity contribution in [2.24, 2.45) is 4.99 Å². The lowest BCUT2D eigenvalue weighted by molar-refractivity contribution is -0.115. The van der Waals surface area contributed by atoms with Crippen LogP contribution in [-0.4, -0.2) is 26.8 Å². The molecule has 0 unspecified atom stereocenters. The van der Waals surface area contributed by atoms with Crippen LogP contribution >= 0.6 is 0 Å². The van der Waals surface area contributed by atoms with Crippen molar-refractivity contribution in [1.29, 1.82) is 0 Å². The van der Waals surface area contributed by atoms with E-state index >= 15 is 0 Å². The topological polar surface area (TPSA) is 59.3 Å². The van der Waals surface area contributed by atoms with Crippen LogP contribution in [0.5, 0.6) is 0 Å². The van der Waals surface area contributed by atoms with Crippen LogP contribution in [0.15, 0.2) is 35.6 Å². The first-order valence-corrected chi connectivity index (χ1v) is 8.12. The molecule has 2 aromatic rings. The number of aromatic nitrogens is 2. The normalized spacial score (nSPS) is 19.2. The molecule has 23 heavy (non-hydrogen) atoms. The fourth-order valence-electron chi connectivity index (χ4n) is 3.49. The van der Waals surface area contributed by atoms with Gasteiger partial charge in [-0.15, -0.1) is 0 Å². The van der Waals surface area contributed by atoms with Gasteiger partial charge in [-0.05, 0) is 51.7 Å². The Bertz CT molecular complexity index is 795. The Morgan fingerprint density at radius 1 is 1.13 bits per heavy atom. The number of hydrogen-bond acceptors (Lipinski definition) is 3. The number of nitrogens with one attached hydrogen (secondary N) is 1. The van der Waals surface area contributed by atoms with Gasteiger partial charge in [0.2, 0.25) is 0 Å². The number of carbonyl (C=O) groups is 1. The van der Waals surface area contributed by atoms with Crippen LogP contribution in [0, 0.1) is 13.8 Å². The van der Waals surface area contributed by atoms with Gasteiger partial charge in [-0.1, -0.05) is 12.1 Å². The van der Waals surface area contributed by atoms with Gasteiger partial charge in [0.15, 0.2) is 0 Å². The average molecular weight is 308 g/mol. The third-order valence-electron chi connectivity index (χ3n) is 4.99. The van der Waals surface area contributed by atoms with Gasteiger partial charge >= 0.3 is 0 Å². The highest BCUT2D eigenvalue weighted by Gasteiger charge is 2.41. The summed E-state index contributed by atoms with van der Waals surface area (Å²) in [4.78, 5) is 21.4. The van der Waals surface area contributed by atoms with Crippen molar-refractivity contribution in [3.63, 3.8) is 0 Å². The summed E-state index contributed by atoms with van der Waals surface area (Å²) >= 11 is 0. The number of imidazole rings is 1. The minimum absolute atomic E-state index is 0.0469. The number of rotatable bonds is 2. The zero-order chi connectivity index (χ0) is 16.0.